The zero-order chi connectivity index (χ0) is 13.9. The Balaban J connectivity index is 1.83. The molecule has 2 N–H and O–H groups in total. The van der Waals surface area contributed by atoms with Crippen molar-refractivity contribution >= 4 is 0 Å². The Kier molecular flexibility index (Phi) is 4.50. The van der Waals surface area contributed by atoms with E-state index in [1.807, 2.05) is 0 Å². The molecular weight excluding hydrogens is 252 g/mol. The van der Waals surface area contributed by atoms with Gasteiger partial charge in [0.1, 0.15) is 0 Å². The van der Waals surface area contributed by atoms with E-state index in [1.165, 1.54) is 6.07 Å². The third-order valence-electron chi connectivity index (χ3n) is 3.81. The first kappa shape index (κ1) is 14.4. The molecule has 1 aliphatic rings. The number of hydrogen-bond donors (Lipinski definition) is 2. The minimum absolute atomic E-state index is 0.117. The summed E-state index contributed by atoms with van der Waals surface area (Å²) < 4.78 is 31.3. The van der Waals surface area contributed by atoms with Crippen LogP contribution in [0.5, 0.6) is 0 Å². The van der Waals surface area contributed by atoms with E-state index in [1.54, 1.807) is 7.11 Å². The van der Waals surface area contributed by atoms with Crippen molar-refractivity contribution in [1.29, 1.82) is 0 Å². The Morgan fingerprint density at radius 2 is 2.11 bits per heavy atom. The third-order valence-corrected chi connectivity index (χ3v) is 3.81. The molecule has 0 radical (unpaired) electrons. The summed E-state index contributed by atoms with van der Waals surface area (Å²) in [5, 5.41) is 13.0. The lowest BCUT2D eigenvalue weighted by atomic mass is 9.80. The van der Waals surface area contributed by atoms with Crippen LogP contribution in [0.4, 0.5) is 8.78 Å². The van der Waals surface area contributed by atoms with Gasteiger partial charge in [-0.1, -0.05) is 6.07 Å². The molecule has 0 amide bonds. The summed E-state index contributed by atoms with van der Waals surface area (Å²) in [4.78, 5) is 0. The van der Waals surface area contributed by atoms with Crippen molar-refractivity contribution in [3.05, 3.63) is 35.4 Å². The smallest absolute Gasteiger partial charge is 0.159 e. The van der Waals surface area contributed by atoms with Gasteiger partial charge in [-0.05, 0) is 37.0 Å². The highest BCUT2D eigenvalue weighted by Crippen LogP contribution is 2.34. The number of halogens is 2. The number of aliphatic hydroxyl groups is 1. The second kappa shape index (κ2) is 5.94. The van der Waals surface area contributed by atoms with E-state index < -0.39 is 17.7 Å². The van der Waals surface area contributed by atoms with E-state index in [-0.39, 0.29) is 12.1 Å². The van der Waals surface area contributed by atoms with Crippen molar-refractivity contribution in [2.45, 2.75) is 31.0 Å². The molecule has 0 aliphatic heterocycles. The van der Waals surface area contributed by atoms with E-state index in [9.17, 15) is 13.9 Å². The molecule has 1 aromatic rings. The van der Waals surface area contributed by atoms with E-state index in [0.29, 0.717) is 12.1 Å². The number of aliphatic hydroxyl groups excluding tert-OH is 1. The molecule has 19 heavy (non-hydrogen) atoms. The number of ether oxygens (including phenoxy) is 1. The number of methoxy groups -OCH3 is 1. The van der Waals surface area contributed by atoms with E-state index in [2.05, 4.69) is 5.32 Å². The van der Waals surface area contributed by atoms with Gasteiger partial charge in [0.25, 0.3) is 0 Å². The Labute approximate surface area is 111 Å². The van der Waals surface area contributed by atoms with E-state index >= 15 is 0 Å². The predicted octanol–water partition coefficient (Wildman–Crippen LogP) is 2.16. The van der Waals surface area contributed by atoms with Gasteiger partial charge in [0.2, 0.25) is 0 Å². The van der Waals surface area contributed by atoms with Gasteiger partial charge in [-0.15, -0.1) is 0 Å². The number of benzene rings is 1. The average Bonchev–Trinajstić information content (AvgIpc) is 2.36. The highest BCUT2D eigenvalue weighted by Gasteiger charge is 2.36. The highest BCUT2D eigenvalue weighted by atomic mass is 19.2. The molecule has 0 saturated heterocycles. The standard InChI is InChI=1S/C14H19F2NO2/c1-19-14(5-2-6-14)9-17-8-13(18)10-3-4-11(15)12(16)7-10/h3-4,7,13,17-18H,2,5-6,8-9H2,1H3. The van der Waals surface area contributed by atoms with Crippen LogP contribution in [-0.4, -0.2) is 30.9 Å². The maximum absolute atomic E-state index is 13.0. The van der Waals surface area contributed by atoms with Crippen molar-refractivity contribution < 1.29 is 18.6 Å². The van der Waals surface area contributed by atoms with Crippen LogP contribution >= 0.6 is 0 Å². The maximum Gasteiger partial charge on any atom is 0.159 e. The third kappa shape index (κ3) is 3.29. The first-order valence-corrected chi connectivity index (χ1v) is 6.45. The van der Waals surface area contributed by atoms with Gasteiger partial charge in [-0.3, -0.25) is 0 Å². The maximum atomic E-state index is 13.0. The summed E-state index contributed by atoms with van der Waals surface area (Å²) in [5.74, 6) is -1.85. The van der Waals surface area contributed by atoms with Crippen LogP contribution in [0.3, 0.4) is 0 Å². The molecule has 1 aromatic carbocycles. The average molecular weight is 271 g/mol. The highest BCUT2D eigenvalue weighted by molar-refractivity contribution is 5.20. The molecule has 0 aromatic heterocycles. The topological polar surface area (TPSA) is 41.5 Å². The van der Waals surface area contributed by atoms with Gasteiger partial charge in [-0.25, -0.2) is 8.78 Å². The summed E-state index contributed by atoms with van der Waals surface area (Å²) in [5.41, 5.74) is 0.250. The van der Waals surface area contributed by atoms with Crippen LogP contribution < -0.4 is 5.32 Å². The number of nitrogens with one attached hydrogen (secondary N) is 1. The molecule has 0 heterocycles. The molecule has 5 heteroatoms. The Morgan fingerprint density at radius 1 is 1.37 bits per heavy atom. The van der Waals surface area contributed by atoms with Gasteiger partial charge in [0.05, 0.1) is 11.7 Å². The van der Waals surface area contributed by atoms with E-state index in [0.717, 1.165) is 31.4 Å². The minimum Gasteiger partial charge on any atom is -0.387 e. The molecule has 1 atom stereocenters. The zero-order valence-electron chi connectivity index (χ0n) is 11.0. The predicted molar refractivity (Wildman–Crippen MR) is 67.8 cm³/mol. The lowest BCUT2D eigenvalue weighted by Gasteiger charge is -2.40. The van der Waals surface area contributed by atoms with Gasteiger partial charge < -0.3 is 15.2 Å². The number of rotatable bonds is 6. The van der Waals surface area contributed by atoms with Crippen molar-refractivity contribution in [1.82, 2.24) is 5.32 Å². The van der Waals surface area contributed by atoms with Crippen LogP contribution in [0, 0.1) is 11.6 Å². The quantitative estimate of drug-likeness (QED) is 0.833. The second-order valence-corrected chi connectivity index (χ2v) is 5.06. The molecule has 0 bridgehead atoms. The molecule has 1 unspecified atom stereocenters. The Hall–Kier alpha value is -1.04. The van der Waals surface area contributed by atoms with Crippen molar-refractivity contribution in [2.24, 2.45) is 0 Å². The van der Waals surface area contributed by atoms with Crippen LogP contribution in [-0.2, 0) is 4.74 Å². The molecule has 1 aliphatic carbocycles. The SMILES string of the molecule is COC1(CNCC(O)c2ccc(F)c(F)c2)CCC1. The molecule has 0 spiro atoms. The van der Waals surface area contributed by atoms with Gasteiger partial charge in [0, 0.05) is 20.2 Å². The zero-order valence-corrected chi connectivity index (χ0v) is 11.0. The molecule has 1 saturated carbocycles. The summed E-state index contributed by atoms with van der Waals surface area (Å²) in [7, 11) is 1.69. The first-order valence-electron chi connectivity index (χ1n) is 6.45. The summed E-state index contributed by atoms with van der Waals surface area (Å²) in [6.07, 6.45) is 2.32. The lowest BCUT2D eigenvalue weighted by Crippen LogP contribution is -2.48. The Morgan fingerprint density at radius 3 is 2.63 bits per heavy atom. The minimum atomic E-state index is -0.941. The van der Waals surface area contributed by atoms with Gasteiger partial charge in [0.15, 0.2) is 11.6 Å². The van der Waals surface area contributed by atoms with Crippen molar-refractivity contribution in [2.75, 3.05) is 20.2 Å². The molecule has 3 nitrogen and oxygen atoms in total. The fourth-order valence-electron chi connectivity index (χ4n) is 2.30. The van der Waals surface area contributed by atoms with Crippen LogP contribution in [0.2, 0.25) is 0 Å². The second-order valence-electron chi connectivity index (χ2n) is 5.06. The molecule has 1 fully saturated rings. The summed E-state index contributed by atoms with van der Waals surface area (Å²) in [6.45, 7) is 0.945. The van der Waals surface area contributed by atoms with Crippen LogP contribution in [0.1, 0.15) is 30.9 Å². The van der Waals surface area contributed by atoms with Gasteiger partial charge in [-0.2, -0.15) is 0 Å². The lowest BCUT2D eigenvalue weighted by molar-refractivity contribution is -0.0703. The summed E-state index contributed by atoms with van der Waals surface area (Å²) >= 11 is 0. The normalized spacial score (nSPS) is 18.9. The first-order chi connectivity index (χ1) is 9.06. The Bertz CT molecular complexity index is 430. The fraction of sp³-hybridized carbons (Fsp3) is 0.571. The fourth-order valence-corrected chi connectivity index (χ4v) is 2.30. The van der Waals surface area contributed by atoms with Crippen molar-refractivity contribution in [3.8, 4) is 0 Å². The monoisotopic (exact) mass is 271 g/mol. The van der Waals surface area contributed by atoms with E-state index in [4.69, 9.17) is 4.74 Å². The summed E-state index contributed by atoms with van der Waals surface area (Å²) in [6, 6.07) is 3.44. The largest absolute Gasteiger partial charge is 0.387 e. The van der Waals surface area contributed by atoms with Crippen LogP contribution in [0.25, 0.3) is 0 Å². The van der Waals surface area contributed by atoms with Gasteiger partial charge >= 0.3 is 0 Å². The molecule has 2 rings (SSSR count). The number of hydrogen-bond acceptors (Lipinski definition) is 3. The molecular formula is C14H19F2NO2. The molecule has 106 valence electrons. The van der Waals surface area contributed by atoms with Crippen LogP contribution in [0.15, 0.2) is 18.2 Å². The van der Waals surface area contributed by atoms with Crippen molar-refractivity contribution in [3.63, 3.8) is 0 Å².